The SMILES string of the molecule is O=C(CC1CCS(=O)(=O)C1)c1ccccc1OC(F)(F)F. The molecule has 1 fully saturated rings. The molecule has 4 nitrogen and oxygen atoms in total. The molecule has 0 saturated carbocycles. The van der Waals surface area contributed by atoms with Crippen LogP contribution < -0.4 is 4.74 Å². The van der Waals surface area contributed by atoms with E-state index in [0.29, 0.717) is 6.42 Å². The number of para-hydroxylation sites is 1. The fraction of sp³-hybridized carbons (Fsp3) is 0.462. The number of Topliss-reactive ketones (excluding diaryl/α,β-unsaturated/α-hetero) is 1. The minimum atomic E-state index is -4.88. The number of hydrogen-bond acceptors (Lipinski definition) is 4. The molecule has 1 unspecified atom stereocenters. The van der Waals surface area contributed by atoms with E-state index in [9.17, 15) is 26.4 Å². The van der Waals surface area contributed by atoms with Gasteiger partial charge in [-0.25, -0.2) is 8.42 Å². The summed E-state index contributed by atoms with van der Waals surface area (Å²) in [5.41, 5.74) is -0.181. The molecule has 1 aliphatic rings. The van der Waals surface area contributed by atoms with Gasteiger partial charge in [-0.05, 0) is 24.5 Å². The van der Waals surface area contributed by atoms with Crippen molar-refractivity contribution in [3.05, 3.63) is 29.8 Å². The Morgan fingerprint density at radius 1 is 1.29 bits per heavy atom. The largest absolute Gasteiger partial charge is 0.573 e. The molecule has 0 radical (unpaired) electrons. The third kappa shape index (κ3) is 4.45. The number of rotatable bonds is 4. The first-order chi connectivity index (χ1) is 9.66. The van der Waals surface area contributed by atoms with E-state index in [4.69, 9.17) is 0 Å². The Balaban J connectivity index is 2.13. The first-order valence-electron chi connectivity index (χ1n) is 6.25. The van der Waals surface area contributed by atoms with E-state index in [1.165, 1.54) is 18.2 Å². The van der Waals surface area contributed by atoms with Crippen molar-refractivity contribution in [1.29, 1.82) is 0 Å². The van der Waals surface area contributed by atoms with Crippen molar-refractivity contribution < 1.29 is 31.1 Å². The molecule has 1 aromatic carbocycles. The van der Waals surface area contributed by atoms with E-state index in [0.717, 1.165) is 6.07 Å². The van der Waals surface area contributed by atoms with E-state index in [2.05, 4.69) is 4.74 Å². The first-order valence-corrected chi connectivity index (χ1v) is 8.07. The molecule has 1 heterocycles. The van der Waals surface area contributed by atoms with Gasteiger partial charge in [0.05, 0.1) is 17.1 Å². The number of ether oxygens (including phenoxy) is 1. The number of benzene rings is 1. The summed E-state index contributed by atoms with van der Waals surface area (Å²) >= 11 is 0. The van der Waals surface area contributed by atoms with Crippen molar-refractivity contribution in [2.24, 2.45) is 5.92 Å². The Labute approximate surface area is 119 Å². The number of ketones is 1. The predicted molar refractivity (Wildman–Crippen MR) is 68.8 cm³/mol. The van der Waals surface area contributed by atoms with Crippen molar-refractivity contribution in [2.45, 2.75) is 19.2 Å². The molecule has 116 valence electrons. The van der Waals surface area contributed by atoms with Gasteiger partial charge in [-0.2, -0.15) is 0 Å². The monoisotopic (exact) mass is 322 g/mol. The number of alkyl halides is 3. The van der Waals surface area contributed by atoms with Gasteiger partial charge in [0.15, 0.2) is 15.6 Å². The van der Waals surface area contributed by atoms with Gasteiger partial charge in [-0.15, -0.1) is 13.2 Å². The first kappa shape index (κ1) is 15.8. The fourth-order valence-corrected chi connectivity index (χ4v) is 4.18. The van der Waals surface area contributed by atoms with Gasteiger partial charge in [-0.3, -0.25) is 4.79 Å². The van der Waals surface area contributed by atoms with Crippen LogP contribution in [0.1, 0.15) is 23.2 Å². The number of carbonyl (C=O) groups is 1. The summed E-state index contributed by atoms with van der Waals surface area (Å²) < 4.78 is 63.3. The van der Waals surface area contributed by atoms with Gasteiger partial charge >= 0.3 is 6.36 Å². The molecule has 0 amide bonds. The van der Waals surface area contributed by atoms with Gasteiger partial charge in [0.1, 0.15) is 5.75 Å². The average Bonchev–Trinajstić information content (AvgIpc) is 2.67. The quantitative estimate of drug-likeness (QED) is 0.800. The highest BCUT2D eigenvalue weighted by molar-refractivity contribution is 7.91. The van der Waals surface area contributed by atoms with Gasteiger partial charge in [-0.1, -0.05) is 12.1 Å². The number of hydrogen-bond donors (Lipinski definition) is 0. The summed E-state index contributed by atoms with van der Waals surface area (Å²) in [6.07, 6.45) is -4.62. The number of halogens is 3. The minimum Gasteiger partial charge on any atom is -0.405 e. The molecule has 1 aromatic rings. The maximum absolute atomic E-state index is 12.3. The van der Waals surface area contributed by atoms with Gasteiger partial charge in [0.25, 0.3) is 0 Å². The van der Waals surface area contributed by atoms with E-state index in [1.807, 2.05) is 0 Å². The molecule has 0 spiro atoms. The van der Waals surface area contributed by atoms with Crippen LogP contribution in [0.3, 0.4) is 0 Å². The Morgan fingerprint density at radius 3 is 2.52 bits per heavy atom. The highest BCUT2D eigenvalue weighted by Gasteiger charge is 2.34. The van der Waals surface area contributed by atoms with E-state index in [-0.39, 0.29) is 29.4 Å². The molecular weight excluding hydrogens is 309 g/mol. The zero-order chi connectivity index (χ0) is 15.7. The summed E-state index contributed by atoms with van der Waals surface area (Å²) in [5.74, 6) is -1.53. The second-order valence-corrected chi connectivity index (χ2v) is 7.17. The molecule has 1 saturated heterocycles. The van der Waals surface area contributed by atoms with Crippen molar-refractivity contribution in [3.63, 3.8) is 0 Å². The lowest BCUT2D eigenvalue weighted by Crippen LogP contribution is -2.19. The van der Waals surface area contributed by atoms with Crippen LogP contribution in [0.4, 0.5) is 13.2 Å². The van der Waals surface area contributed by atoms with Crippen molar-refractivity contribution >= 4 is 15.6 Å². The third-order valence-corrected chi connectivity index (χ3v) is 5.05. The summed E-state index contributed by atoms with van der Waals surface area (Å²) in [7, 11) is -3.13. The Bertz CT molecular complexity index is 637. The van der Waals surface area contributed by atoms with E-state index >= 15 is 0 Å². The van der Waals surface area contributed by atoms with E-state index in [1.54, 1.807) is 0 Å². The van der Waals surface area contributed by atoms with Crippen LogP contribution in [0.15, 0.2) is 24.3 Å². The summed E-state index contributed by atoms with van der Waals surface area (Å²) in [4.78, 5) is 12.1. The highest BCUT2D eigenvalue weighted by atomic mass is 32.2. The normalized spacial score (nSPS) is 21.2. The molecular formula is C13H13F3O4S. The second-order valence-electron chi connectivity index (χ2n) is 4.94. The molecule has 1 atom stereocenters. The zero-order valence-corrected chi connectivity index (χ0v) is 11.7. The lowest BCUT2D eigenvalue weighted by molar-refractivity contribution is -0.274. The van der Waals surface area contributed by atoms with Crippen molar-refractivity contribution in [3.8, 4) is 5.75 Å². The predicted octanol–water partition coefficient (Wildman–Crippen LogP) is 2.59. The summed E-state index contributed by atoms with van der Waals surface area (Å²) in [6.45, 7) is 0. The second kappa shape index (κ2) is 5.67. The van der Waals surface area contributed by atoms with Crippen LogP contribution in [0.25, 0.3) is 0 Å². The Kier molecular flexibility index (Phi) is 4.27. The van der Waals surface area contributed by atoms with Crippen molar-refractivity contribution in [2.75, 3.05) is 11.5 Å². The lowest BCUT2D eigenvalue weighted by Gasteiger charge is -2.13. The highest BCUT2D eigenvalue weighted by Crippen LogP contribution is 2.29. The van der Waals surface area contributed by atoms with E-state index < -0.39 is 27.7 Å². The molecule has 0 aliphatic carbocycles. The molecule has 2 rings (SSSR count). The fourth-order valence-electron chi connectivity index (χ4n) is 2.32. The zero-order valence-electron chi connectivity index (χ0n) is 10.9. The number of sulfone groups is 1. The van der Waals surface area contributed by atoms with Gasteiger partial charge < -0.3 is 4.74 Å². The smallest absolute Gasteiger partial charge is 0.405 e. The van der Waals surface area contributed by atoms with Gasteiger partial charge in [0.2, 0.25) is 0 Å². The summed E-state index contributed by atoms with van der Waals surface area (Å²) in [5, 5.41) is 0. The Hall–Kier alpha value is -1.57. The topological polar surface area (TPSA) is 60.4 Å². The molecule has 21 heavy (non-hydrogen) atoms. The van der Waals surface area contributed by atoms with Crippen LogP contribution in [-0.4, -0.2) is 32.1 Å². The molecule has 0 N–H and O–H groups in total. The number of carbonyl (C=O) groups excluding carboxylic acids is 1. The van der Waals surface area contributed by atoms with Crippen LogP contribution in [0, 0.1) is 5.92 Å². The maximum Gasteiger partial charge on any atom is 0.573 e. The molecule has 0 aromatic heterocycles. The molecule has 1 aliphatic heterocycles. The van der Waals surface area contributed by atoms with Crippen LogP contribution in [-0.2, 0) is 9.84 Å². The van der Waals surface area contributed by atoms with Crippen LogP contribution in [0.2, 0.25) is 0 Å². The minimum absolute atomic E-state index is 0.0195. The van der Waals surface area contributed by atoms with Gasteiger partial charge in [0, 0.05) is 6.42 Å². The Morgan fingerprint density at radius 2 is 1.95 bits per heavy atom. The summed E-state index contributed by atoms with van der Waals surface area (Å²) in [6, 6.07) is 5.07. The maximum atomic E-state index is 12.3. The lowest BCUT2D eigenvalue weighted by atomic mass is 9.97. The molecule has 8 heteroatoms. The standard InChI is InChI=1S/C13H13F3O4S/c14-13(15,16)20-12-4-2-1-3-10(12)11(17)7-9-5-6-21(18,19)8-9/h1-4,9H,5-8H2. The molecule has 0 bridgehead atoms. The van der Waals surface area contributed by atoms with Crippen molar-refractivity contribution in [1.82, 2.24) is 0 Å². The van der Waals surface area contributed by atoms with Crippen LogP contribution >= 0.6 is 0 Å². The average molecular weight is 322 g/mol. The van der Waals surface area contributed by atoms with Crippen LogP contribution in [0.5, 0.6) is 5.75 Å². The third-order valence-electron chi connectivity index (χ3n) is 3.21.